The van der Waals surface area contributed by atoms with E-state index in [0.29, 0.717) is 25.9 Å². The average Bonchev–Trinajstić information content (AvgIpc) is 3.34. The van der Waals surface area contributed by atoms with Crippen LogP contribution in [0.5, 0.6) is 0 Å². The van der Waals surface area contributed by atoms with Crippen LogP contribution in [0.4, 0.5) is 19.0 Å². The first-order valence-corrected chi connectivity index (χ1v) is 9.54. The Balaban J connectivity index is 1.60. The van der Waals surface area contributed by atoms with Gasteiger partial charge in [-0.3, -0.25) is 0 Å². The summed E-state index contributed by atoms with van der Waals surface area (Å²) in [5.74, 6) is 0.188. The Morgan fingerprint density at radius 1 is 1.21 bits per heavy atom. The lowest BCUT2D eigenvalue weighted by Crippen LogP contribution is -2.43. The molecule has 1 aromatic heterocycles. The molecule has 1 N–H and O–H groups in total. The SMILES string of the molecule is O=S(=O)(C1CC1)N1CCC(Nc2ncc(C(F)(F)F)cc2Cl)CC1. The van der Waals surface area contributed by atoms with E-state index in [1.54, 1.807) is 0 Å². The Bertz CT molecular complexity index is 714. The molecule has 5 nitrogen and oxygen atoms in total. The van der Waals surface area contributed by atoms with Gasteiger partial charge in [-0.2, -0.15) is 13.2 Å². The van der Waals surface area contributed by atoms with Crippen LogP contribution in [0, 0.1) is 0 Å². The quantitative estimate of drug-likeness (QED) is 0.867. The number of aromatic nitrogens is 1. The molecule has 0 aromatic carbocycles. The lowest BCUT2D eigenvalue weighted by Gasteiger charge is -2.32. The van der Waals surface area contributed by atoms with E-state index in [1.165, 1.54) is 4.31 Å². The van der Waals surface area contributed by atoms with Gasteiger partial charge < -0.3 is 5.32 Å². The first kappa shape index (κ1) is 17.8. The number of pyridine rings is 1. The van der Waals surface area contributed by atoms with Crippen LogP contribution in [-0.2, 0) is 16.2 Å². The van der Waals surface area contributed by atoms with Crippen LogP contribution >= 0.6 is 11.6 Å². The standard InChI is InChI=1S/C14H17ClF3N3O2S/c15-12-7-9(14(16,17)18)8-19-13(12)20-10-3-5-21(6-4-10)24(22,23)11-1-2-11/h7-8,10-11H,1-6H2,(H,19,20). The summed E-state index contributed by atoms with van der Waals surface area (Å²) >= 11 is 5.87. The van der Waals surface area contributed by atoms with Gasteiger partial charge in [-0.25, -0.2) is 17.7 Å². The molecular formula is C14H17ClF3N3O2S. The minimum atomic E-state index is -4.49. The number of alkyl halides is 3. The molecule has 1 aliphatic carbocycles. The fourth-order valence-corrected chi connectivity index (χ4v) is 4.82. The molecule has 0 radical (unpaired) electrons. The molecule has 0 spiro atoms. The van der Waals surface area contributed by atoms with Gasteiger partial charge in [0.15, 0.2) is 0 Å². The summed E-state index contributed by atoms with van der Waals surface area (Å²) in [5.41, 5.74) is -0.900. The number of rotatable bonds is 4. The smallest absolute Gasteiger partial charge is 0.366 e. The molecule has 0 bridgehead atoms. The average molecular weight is 384 g/mol. The summed E-state index contributed by atoms with van der Waals surface area (Å²) in [7, 11) is -3.18. The molecule has 1 aliphatic heterocycles. The maximum atomic E-state index is 12.6. The fourth-order valence-electron chi connectivity index (χ4n) is 2.72. The third kappa shape index (κ3) is 3.78. The molecule has 0 atom stereocenters. The normalized spacial score (nSPS) is 21.0. The van der Waals surface area contributed by atoms with Crippen molar-refractivity contribution in [2.75, 3.05) is 18.4 Å². The zero-order chi connectivity index (χ0) is 17.5. The summed E-state index contributed by atoms with van der Waals surface area (Å²) in [5, 5.41) is 2.68. The Labute approximate surface area is 143 Å². The first-order chi connectivity index (χ1) is 11.2. The minimum absolute atomic E-state index is 0.0719. The Morgan fingerprint density at radius 3 is 2.33 bits per heavy atom. The van der Waals surface area contributed by atoms with E-state index >= 15 is 0 Å². The zero-order valence-corrected chi connectivity index (χ0v) is 14.3. The van der Waals surface area contributed by atoms with Crippen molar-refractivity contribution in [3.63, 3.8) is 0 Å². The van der Waals surface area contributed by atoms with E-state index in [2.05, 4.69) is 10.3 Å². The summed E-state index contributed by atoms with van der Waals surface area (Å²) < 4.78 is 63.6. The van der Waals surface area contributed by atoms with Crippen LogP contribution in [0.25, 0.3) is 0 Å². The number of nitrogens with zero attached hydrogens (tertiary/aromatic N) is 2. The van der Waals surface area contributed by atoms with E-state index in [9.17, 15) is 21.6 Å². The van der Waals surface area contributed by atoms with Crippen LogP contribution in [0.15, 0.2) is 12.3 Å². The van der Waals surface area contributed by atoms with E-state index in [0.717, 1.165) is 25.1 Å². The van der Waals surface area contributed by atoms with Gasteiger partial charge in [0, 0.05) is 25.3 Å². The highest BCUT2D eigenvalue weighted by molar-refractivity contribution is 7.90. The van der Waals surface area contributed by atoms with Crippen LogP contribution < -0.4 is 5.32 Å². The van der Waals surface area contributed by atoms with Crippen molar-refractivity contribution in [1.82, 2.24) is 9.29 Å². The molecule has 2 fully saturated rings. The molecule has 1 saturated heterocycles. The van der Waals surface area contributed by atoms with E-state index in [-0.39, 0.29) is 22.1 Å². The number of nitrogens with one attached hydrogen (secondary N) is 1. The van der Waals surface area contributed by atoms with Crippen molar-refractivity contribution in [2.45, 2.75) is 43.2 Å². The van der Waals surface area contributed by atoms with E-state index in [4.69, 9.17) is 11.6 Å². The topological polar surface area (TPSA) is 62.3 Å². The van der Waals surface area contributed by atoms with Crippen LogP contribution in [0.3, 0.4) is 0 Å². The zero-order valence-electron chi connectivity index (χ0n) is 12.7. The summed E-state index contributed by atoms with van der Waals surface area (Å²) in [6.07, 6.45) is -1.17. The van der Waals surface area contributed by atoms with Gasteiger partial charge in [0.25, 0.3) is 0 Å². The number of anilines is 1. The summed E-state index contributed by atoms with van der Waals surface area (Å²) in [4.78, 5) is 3.75. The highest BCUT2D eigenvalue weighted by Crippen LogP contribution is 2.34. The maximum Gasteiger partial charge on any atom is 0.417 e. The van der Waals surface area contributed by atoms with Crippen molar-refractivity contribution < 1.29 is 21.6 Å². The highest BCUT2D eigenvalue weighted by Gasteiger charge is 2.41. The van der Waals surface area contributed by atoms with Gasteiger partial charge in [0.05, 0.1) is 15.8 Å². The van der Waals surface area contributed by atoms with Crippen molar-refractivity contribution in [3.05, 3.63) is 22.8 Å². The van der Waals surface area contributed by atoms with Crippen LogP contribution in [0.1, 0.15) is 31.2 Å². The molecule has 10 heteroatoms. The lowest BCUT2D eigenvalue weighted by molar-refractivity contribution is -0.137. The first-order valence-electron chi connectivity index (χ1n) is 7.66. The van der Waals surface area contributed by atoms with Crippen LogP contribution in [0.2, 0.25) is 5.02 Å². The van der Waals surface area contributed by atoms with Gasteiger partial charge in [-0.1, -0.05) is 11.6 Å². The summed E-state index contributed by atoms with van der Waals surface area (Å²) in [6, 6.07) is 0.765. The molecule has 24 heavy (non-hydrogen) atoms. The largest absolute Gasteiger partial charge is 0.417 e. The van der Waals surface area contributed by atoms with Gasteiger partial charge in [0.1, 0.15) is 5.82 Å². The molecular weight excluding hydrogens is 367 g/mol. The van der Waals surface area contributed by atoms with E-state index < -0.39 is 21.8 Å². The molecule has 3 rings (SSSR count). The van der Waals surface area contributed by atoms with Crippen molar-refractivity contribution in [1.29, 1.82) is 0 Å². The predicted octanol–water partition coefficient (Wildman–Crippen LogP) is 3.12. The number of hydrogen-bond donors (Lipinski definition) is 1. The van der Waals surface area contributed by atoms with Crippen molar-refractivity contribution in [2.24, 2.45) is 0 Å². The molecule has 2 aliphatic rings. The number of piperidine rings is 1. The molecule has 0 unspecified atom stereocenters. The van der Waals surface area contributed by atoms with Gasteiger partial charge in [-0.15, -0.1) is 0 Å². The molecule has 0 amide bonds. The molecule has 1 saturated carbocycles. The van der Waals surface area contributed by atoms with Crippen molar-refractivity contribution in [3.8, 4) is 0 Å². The van der Waals surface area contributed by atoms with Gasteiger partial charge >= 0.3 is 6.18 Å². The maximum absolute atomic E-state index is 12.6. The predicted molar refractivity (Wildman–Crippen MR) is 84.4 cm³/mol. The second-order valence-corrected chi connectivity index (χ2v) is 8.73. The molecule has 1 aromatic rings. The second-order valence-electron chi connectivity index (χ2n) is 6.11. The fraction of sp³-hybridized carbons (Fsp3) is 0.643. The lowest BCUT2D eigenvalue weighted by atomic mass is 10.1. The van der Waals surface area contributed by atoms with Gasteiger partial charge in [-0.05, 0) is 31.7 Å². The van der Waals surface area contributed by atoms with Gasteiger partial charge in [0.2, 0.25) is 10.0 Å². The number of hydrogen-bond acceptors (Lipinski definition) is 4. The molecule has 134 valence electrons. The number of halogens is 4. The Kier molecular flexibility index (Phi) is 4.69. The second kappa shape index (κ2) is 6.34. The summed E-state index contributed by atoms with van der Waals surface area (Å²) in [6.45, 7) is 0.795. The van der Waals surface area contributed by atoms with E-state index in [1.807, 2.05) is 0 Å². The third-order valence-electron chi connectivity index (χ3n) is 4.27. The van der Waals surface area contributed by atoms with Crippen molar-refractivity contribution >= 4 is 27.4 Å². The monoisotopic (exact) mass is 383 g/mol. The molecule has 2 heterocycles. The number of sulfonamides is 1. The third-order valence-corrected chi connectivity index (χ3v) is 6.96. The van der Waals surface area contributed by atoms with Crippen LogP contribution in [-0.4, -0.2) is 42.1 Å². The minimum Gasteiger partial charge on any atom is -0.366 e. The highest BCUT2D eigenvalue weighted by atomic mass is 35.5. The Hall–Kier alpha value is -1.06. The Morgan fingerprint density at radius 2 is 1.83 bits per heavy atom.